The lowest BCUT2D eigenvalue weighted by molar-refractivity contribution is 0.537. The minimum Gasteiger partial charge on any atom is -0.351 e. The van der Waals surface area contributed by atoms with E-state index in [1.807, 2.05) is 0 Å². The first-order valence-corrected chi connectivity index (χ1v) is 7.62. The summed E-state index contributed by atoms with van der Waals surface area (Å²) in [5.41, 5.74) is 0.707. The van der Waals surface area contributed by atoms with E-state index in [4.69, 9.17) is 0 Å². The fourth-order valence-electron chi connectivity index (χ4n) is 2.31. The van der Waals surface area contributed by atoms with E-state index >= 15 is 0 Å². The zero-order chi connectivity index (χ0) is 14.7. The second-order valence-corrected chi connectivity index (χ2v) is 6.42. The maximum absolute atomic E-state index is 14.7. The zero-order valence-electron chi connectivity index (χ0n) is 13.0. The molecule has 0 aromatic carbocycles. The van der Waals surface area contributed by atoms with Crippen LogP contribution in [0.3, 0.4) is 0 Å². The molecule has 0 atom stereocenters. The number of hydrogen-bond acceptors (Lipinski definition) is 3. The molecule has 1 aromatic heterocycles. The summed E-state index contributed by atoms with van der Waals surface area (Å²) in [6, 6.07) is 2.60. The summed E-state index contributed by atoms with van der Waals surface area (Å²) >= 11 is 0. The Morgan fingerprint density at radius 2 is 2.05 bits per heavy atom. The molecule has 112 valence electrons. The first-order valence-electron chi connectivity index (χ1n) is 7.62. The van der Waals surface area contributed by atoms with E-state index in [2.05, 4.69) is 42.9 Å². The van der Waals surface area contributed by atoms with E-state index in [-0.39, 0.29) is 5.82 Å². The van der Waals surface area contributed by atoms with Gasteiger partial charge < -0.3 is 10.2 Å². The minimum absolute atomic E-state index is 0.159. The molecular formula is C16H26FN3. The van der Waals surface area contributed by atoms with Crippen LogP contribution in [-0.4, -0.2) is 23.6 Å². The number of halogens is 1. The summed E-state index contributed by atoms with van der Waals surface area (Å²) in [5.74, 6) is 0.881. The topological polar surface area (TPSA) is 28.2 Å². The van der Waals surface area contributed by atoms with Gasteiger partial charge in [-0.25, -0.2) is 9.37 Å². The van der Waals surface area contributed by atoms with Crippen LogP contribution in [0.25, 0.3) is 0 Å². The van der Waals surface area contributed by atoms with Crippen molar-refractivity contribution in [2.45, 2.75) is 59.2 Å². The molecule has 0 radical (unpaired) electrons. The van der Waals surface area contributed by atoms with Gasteiger partial charge in [0.05, 0.1) is 0 Å². The molecule has 1 heterocycles. The van der Waals surface area contributed by atoms with Crippen LogP contribution in [-0.2, 0) is 6.54 Å². The van der Waals surface area contributed by atoms with Crippen molar-refractivity contribution in [2.24, 2.45) is 5.92 Å². The predicted molar refractivity (Wildman–Crippen MR) is 81.4 cm³/mol. The van der Waals surface area contributed by atoms with Crippen LogP contribution in [0.4, 0.5) is 10.2 Å². The van der Waals surface area contributed by atoms with Gasteiger partial charge in [0, 0.05) is 36.9 Å². The Hall–Kier alpha value is -1.16. The Morgan fingerprint density at radius 3 is 2.60 bits per heavy atom. The highest BCUT2D eigenvalue weighted by molar-refractivity contribution is 5.45. The maximum atomic E-state index is 14.7. The SMILES string of the molecule is CC(C)CN(c1nccc(CNC(C)C)c1F)C1CC1. The number of anilines is 1. The summed E-state index contributed by atoms with van der Waals surface area (Å²) < 4.78 is 14.7. The monoisotopic (exact) mass is 279 g/mol. The van der Waals surface area contributed by atoms with Gasteiger partial charge in [-0.3, -0.25) is 0 Å². The van der Waals surface area contributed by atoms with Crippen LogP contribution in [0.1, 0.15) is 46.1 Å². The lowest BCUT2D eigenvalue weighted by Gasteiger charge is -2.26. The predicted octanol–water partition coefficient (Wildman–Crippen LogP) is 3.34. The molecule has 0 amide bonds. The van der Waals surface area contributed by atoms with E-state index in [0.717, 1.165) is 19.4 Å². The molecule has 20 heavy (non-hydrogen) atoms. The maximum Gasteiger partial charge on any atom is 0.170 e. The number of hydrogen-bond donors (Lipinski definition) is 1. The molecule has 0 unspecified atom stereocenters. The standard InChI is InChI=1S/C16H26FN3/c1-11(2)10-20(14-5-6-14)16-15(17)13(7-8-18-16)9-19-12(3)4/h7-8,11-12,14,19H,5-6,9-10H2,1-4H3. The van der Waals surface area contributed by atoms with Gasteiger partial charge >= 0.3 is 0 Å². The summed E-state index contributed by atoms with van der Waals surface area (Å²) in [7, 11) is 0. The average Bonchev–Trinajstić information content (AvgIpc) is 3.19. The van der Waals surface area contributed by atoms with Crippen LogP contribution in [0.5, 0.6) is 0 Å². The van der Waals surface area contributed by atoms with Crippen molar-refractivity contribution in [2.75, 3.05) is 11.4 Å². The molecule has 1 fully saturated rings. The minimum atomic E-state index is -0.159. The number of nitrogens with one attached hydrogen (secondary N) is 1. The van der Waals surface area contributed by atoms with Crippen LogP contribution in [0, 0.1) is 11.7 Å². The molecule has 0 bridgehead atoms. The van der Waals surface area contributed by atoms with Crippen molar-refractivity contribution in [3.8, 4) is 0 Å². The molecular weight excluding hydrogens is 253 g/mol. The molecule has 3 nitrogen and oxygen atoms in total. The van der Waals surface area contributed by atoms with Crippen molar-refractivity contribution in [1.29, 1.82) is 0 Å². The van der Waals surface area contributed by atoms with E-state index in [1.165, 1.54) is 0 Å². The Bertz CT molecular complexity index is 441. The molecule has 1 N–H and O–H groups in total. The molecule has 2 rings (SSSR count). The summed E-state index contributed by atoms with van der Waals surface area (Å²) in [6.07, 6.45) is 4.04. The van der Waals surface area contributed by atoms with Gasteiger partial charge in [0.2, 0.25) is 0 Å². The van der Waals surface area contributed by atoms with Crippen LogP contribution < -0.4 is 10.2 Å². The molecule has 1 aliphatic rings. The van der Waals surface area contributed by atoms with Crippen molar-refractivity contribution >= 4 is 5.82 Å². The molecule has 0 aliphatic heterocycles. The molecule has 1 aromatic rings. The third kappa shape index (κ3) is 3.92. The average molecular weight is 279 g/mol. The van der Waals surface area contributed by atoms with Crippen LogP contribution >= 0.6 is 0 Å². The molecule has 0 spiro atoms. The Labute approximate surface area is 121 Å². The molecule has 1 saturated carbocycles. The van der Waals surface area contributed by atoms with Gasteiger partial charge in [0.15, 0.2) is 11.6 Å². The highest BCUT2D eigenvalue weighted by Gasteiger charge is 2.32. The van der Waals surface area contributed by atoms with E-state index in [0.29, 0.717) is 35.9 Å². The normalized spacial score (nSPS) is 15.2. The first kappa shape index (κ1) is 15.2. The van der Waals surface area contributed by atoms with Crippen molar-refractivity contribution in [3.63, 3.8) is 0 Å². The van der Waals surface area contributed by atoms with E-state index in [1.54, 1.807) is 12.3 Å². The van der Waals surface area contributed by atoms with Gasteiger partial charge in [0.25, 0.3) is 0 Å². The van der Waals surface area contributed by atoms with Gasteiger partial charge in [-0.1, -0.05) is 27.7 Å². The summed E-state index contributed by atoms with van der Waals surface area (Å²) in [6.45, 7) is 9.88. The highest BCUT2D eigenvalue weighted by Crippen LogP contribution is 2.33. The quantitative estimate of drug-likeness (QED) is 0.829. The van der Waals surface area contributed by atoms with Crippen molar-refractivity contribution in [1.82, 2.24) is 10.3 Å². The summed E-state index contributed by atoms with van der Waals surface area (Å²) in [5, 5.41) is 3.27. The van der Waals surface area contributed by atoms with Crippen molar-refractivity contribution in [3.05, 3.63) is 23.6 Å². The van der Waals surface area contributed by atoms with E-state index in [9.17, 15) is 4.39 Å². The highest BCUT2D eigenvalue weighted by atomic mass is 19.1. The van der Waals surface area contributed by atoms with Gasteiger partial charge in [0.1, 0.15) is 0 Å². The van der Waals surface area contributed by atoms with Gasteiger partial charge in [-0.2, -0.15) is 0 Å². The van der Waals surface area contributed by atoms with Crippen molar-refractivity contribution < 1.29 is 4.39 Å². The number of rotatable bonds is 7. The second kappa shape index (κ2) is 6.53. The molecule has 0 saturated heterocycles. The Kier molecular flexibility index (Phi) is 4.97. The number of aromatic nitrogens is 1. The third-order valence-electron chi connectivity index (χ3n) is 3.47. The summed E-state index contributed by atoms with van der Waals surface area (Å²) in [4.78, 5) is 6.46. The largest absolute Gasteiger partial charge is 0.351 e. The fraction of sp³-hybridized carbons (Fsp3) is 0.688. The number of pyridine rings is 1. The zero-order valence-corrected chi connectivity index (χ0v) is 13.0. The fourth-order valence-corrected chi connectivity index (χ4v) is 2.31. The Balaban J connectivity index is 2.19. The van der Waals surface area contributed by atoms with E-state index < -0.39 is 0 Å². The first-order chi connectivity index (χ1) is 9.49. The second-order valence-electron chi connectivity index (χ2n) is 6.42. The third-order valence-corrected chi connectivity index (χ3v) is 3.47. The van der Waals surface area contributed by atoms with Gasteiger partial charge in [-0.15, -0.1) is 0 Å². The Morgan fingerprint density at radius 1 is 1.35 bits per heavy atom. The van der Waals surface area contributed by atoms with Crippen LogP contribution in [0.2, 0.25) is 0 Å². The molecule has 4 heteroatoms. The smallest absolute Gasteiger partial charge is 0.170 e. The van der Waals surface area contributed by atoms with Crippen LogP contribution in [0.15, 0.2) is 12.3 Å². The lowest BCUT2D eigenvalue weighted by Crippen LogP contribution is -2.32. The molecule has 1 aliphatic carbocycles. The number of nitrogens with zero attached hydrogens (tertiary/aromatic N) is 2. The van der Waals surface area contributed by atoms with Gasteiger partial charge in [-0.05, 0) is 24.8 Å². The lowest BCUT2D eigenvalue weighted by atomic mass is 10.2.